The Labute approximate surface area is 262 Å². The van der Waals surface area contributed by atoms with Gasteiger partial charge in [0.25, 0.3) is 0 Å². The van der Waals surface area contributed by atoms with Gasteiger partial charge in [0.05, 0.1) is 52.4 Å². The monoisotopic (exact) mass is 690 g/mol. The third kappa shape index (κ3) is 5.15. The predicted octanol–water partition coefficient (Wildman–Crippen LogP) is 8.95. The summed E-state index contributed by atoms with van der Waals surface area (Å²) in [5.41, 5.74) is 6.69. The molecule has 0 bridgehead atoms. The molecule has 10 heteroatoms. The zero-order chi connectivity index (χ0) is 29.2. The van der Waals surface area contributed by atoms with E-state index in [9.17, 15) is 0 Å². The second-order valence-corrected chi connectivity index (χ2v) is 11.4. The van der Waals surface area contributed by atoms with Gasteiger partial charge in [-0.2, -0.15) is 0 Å². The summed E-state index contributed by atoms with van der Waals surface area (Å²) in [5, 5.41) is 4.91. The molecule has 210 valence electrons. The molecule has 43 heavy (non-hydrogen) atoms. The van der Waals surface area contributed by atoms with E-state index < -0.39 is 0 Å². The van der Waals surface area contributed by atoms with Gasteiger partial charge in [-0.3, -0.25) is 0 Å². The van der Waals surface area contributed by atoms with Gasteiger partial charge in [-0.1, -0.05) is 48.5 Å². The molecule has 0 atom stereocenters. The zero-order valence-corrected chi connectivity index (χ0v) is 25.8. The number of fused-ring (bicyclic) bond motifs is 6. The molecule has 8 nitrogen and oxygen atoms in total. The van der Waals surface area contributed by atoms with E-state index >= 15 is 0 Å². The summed E-state index contributed by atoms with van der Waals surface area (Å²) in [6.45, 7) is 0. The molecule has 9 aromatic rings. The summed E-state index contributed by atoms with van der Waals surface area (Å²) < 4.78 is 6.25. The maximum Gasteiger partial charge on any atom is 0.0992 e. The summed E-state index contributed by atoms with van der Waals surface area (Å²) in [7, 11) is 0. The van der Waals surface area contributed by atoms with E-state index in [4.69, 9.17) is 0 Å². The topological polar surface area (TPSA) is 95.9 Å². The summed E-state index contributed by atoms with van der Waals surface area (Å²) >= 11 is 7.11. The fourth-order valence-electron chi connectivity index (χ4n) is 5.24. The lowest BCUT2D eigenvalue weighted by molar-refractivity contribution is 1.06. The average molecular weight is 692 g/mol. The fourth-order valence-corrected chi connectivity index (χ4v) is 6.17. The molecule has 0 unspecified atom stereocenters. The largest absolute Gasteiger partial charge is 0.353 e. The number of nitrogens with one attached hydrogen (secondary N) is 3. The highest BCUT2D eigenvalue weighted by Gasteiger charge is 2.12. The smallest absolute Gasteiger partial charge is 0.0992 e. The highest BCUT2D eigenvalue weighted by Crippen LogP contribution is 2.34. The van der Waals surface area contributed by atoms with E-state index in [1.807, 2.05) is 46.3 Å². The number of halogens is 2. The van der Waals surface area contributed by atoms with Gasteiger partial charge in [-0.05, 0) is 56.1 Å². The maximum atomic E-state index is 4.15. The number of hydrogen-bond acceptors (Lipinski definition) is 3. The van der Waals surface area contributed by atoms with Gasteiger partial charge in [0, 0.05) is 67.7 Å². The first-order chi connectivity index (χ1) is 21.2. The molecule has 4 aromatic carbocycles. The van der Waals surface area contributed by atoms with Crippen molar-refractivity contribution in [2.24, 2.45) is 0 Å². The molecule has 0 aliphatic rings. The van der Waals surface area contributed by atoms with Crippen LogP contribution in [0, 0.1) is 0 Å². The van der Waals surface area contributed by atoms with Crippen molar-refractivity contribution in [3.63, 3.8) is 0 Å². The number of imidazole rings is 3. The van der Waals surface area contributed by atoms with E-state index in [-0.39, 0.29) is 0 Å². The van der Waals surface area contributed by atoms with Crippen molar-refractivity contribution < 1.29 is 0 Å². The van der Waals surface area contributed by atoms with E-state index in [0.29, 0.717) is 0 Å². The van der Waals surface area contributed by atoms with Crippen LogP contribution in [0.5, 0.6) is 0 Å². The number of rotatable bonds is 2. The van der Waals surface area contributed by atoms with E-state index in [1.165, 1.54) is 21.5 Å². The van der Waals surface area contributed by atoms with Crippen LogP contribution in [0.25, 0.3) is 55.0 Å². The van der Waals surface area contributed by atoms with E-state index in [2.05, 4.69) is 122 Å². The molecule has 0 aliphatic carbocycles. The van der Waals surface area contributed by atoms with Gasteiger partial charge < -0.3 is 24.1 Å². The number of H-pyrrole nitrogens is 3. The van der Waals surface area contributed by atoms with Crippen LogP contribution in [0.3, 0.4) is 0 Å². The lowest BCUT2D eigenvalue weighted by atomic mass is 10.1. The number of aromatic nitrogens is 8. The second kappa shape index (κ2) is 11.7. The third-order valence-corrected chi connectivity index (χ3v) is 8.49. The van der Waals surface area contributed by atoms with Crippen LogP contribution >= 0.6 is 31.9 Å². The minimum atomic E-state index is 1.09. The normalized spacial score (nSPS) is 11.0. The van der Waals surface area contributed by atoms with Crippen molar-refractivity contribution in [3.8, 4) is 11.4 Å². The molecule has 0 spiro atoms. The maximum absolute atomic E-state index is 4.15. The van der Waals surface area contributed by atoms with Crippen LogP contribution in [0.4, 0.5) is 0 Å². The third-order valence-electron chi connectivity index (χ3n) is 7.16. The van der Waals surface area contributed by atoms with Crippen LogP contribution in [0.2, 0.25) is 0 Å². The van der Waals surface area contributed by atoms with Gasteiger partial charge in [0.1, 0.15) is 0 Å². The highest BCUT2D eigenvalue weighted by molar-refractivity contribution is 9.11. The summed E-state index contributed by atoms with van der Waals surface area (Å²) in [6.07, 6.45) is 16.2. The second-order valence-electron chi connectivity index (χ2n) is 9.67. The first kappa shape index (κ1) is 26.9. The van der Waals surface area contributed by atoms with E-state index in [1.54, 1.807) is 31.1 Å². The number of benzene rings is 4. The molecule has 0 fully saturated rings. The number of nitrogens with zero attached hydrogens (tertiary/aromatic N) is 5. The Kier molecular flexibility index (Phi) is 7.36. The summed E-state index contributed by atoms with van der Waals surface area (Å²) in [4.78, 5) is 21.7. The van der Waals surface area contributed by atoms with Gasteiger partial charge in [0.2, 0.25) is 0 Å². The van der Waals surface area contributed by atoms with Crippen molar-refractivity contribution in [3.05, 3.63) is 138 Å². The van der Waals surface area contributed by atoms with E-state index in [0.717, 1.165) is 42.4 Å². The van der Waals surface area contributed by atoms with Crippen LogP contribution in [-0.4, -0.2) is 39.0 Å². The molecule has 0 amide bonds. The molecule has 5 heterocycles. The quantitative estimate of drug-likeness (QED) is 0.169. The van der Waals surface area contributed by atoms with Crippen molar-refractivity contribution >= 4 is 75.5 Å². The first-order valence-corrected chi connectivity index (χ1v) is 15.0. The fraction of sp³-hybridized carbons (Fsp3) is 0. The molecule has 0 radical (unpaired) electrons. The van der Waals surface area contributed by atoms with Crippen molar-refractivity contribution in [2.45, 2.75) is 0 Å². The molecule has 0 saturated carbocycles. The molecule has 0 saturated heterocycles. The molecular weight excluding hydrogens is 668 g/mol. The van der Waals surface area contributed by atoms with Crippen LogP contribution in [-0.2, 0) is 0 Å². The van der Waals surface area contributed by atoms with Gasteiger partial charge in [-0.15, -0.1) is 0 Å². The van der Waals surface area contributed by atoms with Crippen LogP contribution < -0.4 is 0 Å². The van der Waals surface area contributed by atoms with Gasteiger partial charge in [0.15, 0.2) is 0 Å². The first-order valence-electron chi connectivity index (χ1n) is 13.5. The van der Waals surface area contributed by atoms with Crippen LogP contribution in [0.15, 0.2) is 138 Å². The average Bonchev–Trinajstić information content (AvgIpc) is 3.87. The molecule has 0 aliphatic heterocycles. The molecule has 9 rings (SSSR count). The van der Waals surface area contributed by atoms with Crippen molar-refractivity contribution in [2.75, 3.05) is 0 Å². The zero-order valence-electron chi connectivity index (χ0n) is 22.6. The lowest BCUT2D eigenvalue weighted by Crippen LogP contribution is -1.92. The SMILES string of the molecule is Brc1cccc2c1[nH]c1c(Br)cccc12.c1c[nH]cn1.c1cc(-n2ccnc2)c2[nH]c3c(-n4ccnc4)cccc3c2c1. The van der Waals surface area contributed by atoms with Gasteiger partial charge >= 0.3 is 0 Å². The highest BCUT2D eigenvalue weighted by atomic mass is 79.9. The Morgan fingerprint density at radius 3 is 1.37 bits per heavy atom. The molecular formula is C33H24Br2N8. The number of aromatic amines is 3. The van der Waals surface area contributed by atoms with Gasteiger partial charge in [-0.25, -0.2) is 15.0 Å². The Bertz CT molecular complexity index is 2100. The number of hydrogen-bond donors (Lipinski definition) is 3. The Hall–Kier alpha value is -4.93. The van der Waals surface area contributed by atoms with Crippen molar-refractivity contribution in [1.29, 1.82) is 0 Å². The van der Waals surface area contributed by atoms with Crippen LogP contribution in [0.1, 0.15) is 0 Å². The minimum absolute atomic E-state index is 1.09. The Morgan fingerprint density at radius 1 is 0.512 bits per heavy atom. The Morgan fingerprint density at radius 2 is 0.977 bits per heavy atom. The Balaban J connectivity index is 0.000000128. The van der Waals surface area contributed by atoms with Crippen molar-refractivity contribution in [1.82, 2.24) is 39.0 Å². The summed E-state index contributed by atoms with van der Waals surface area (Å²) in [5.74, 6) is 0. The minimum Gasteiger partial charge on any atom is -0.353 e. The molecule has 5 aromatic heterocycles. The molecule has 3 N–H and O–H groups in total. The summed E-state index contributed by atoms with van der Waals surface area (Å²) in [6, 6.07) is 25.1. The standard InChI is InChI=1S/C18H13N5.C12H7Br2N.C3H4N2/c1-3-13-14-4-2-6-16(23-10-8-20-12-23)18(14)21-17(13)15(5-1)22-9-7-19-11-22;13-9-5-1-3-7-8-4-2-6-10(14)12(8)15-11(7)9;1-2-5-3-4-1/h1-12,21H;1-6,15H;1-3H,(H,4,5). The number of para-hydroxylation sites is 4. The lowest BCUT2D eigenvalue weighted by Gasteiger charge is -2.03. The predicted molar refractivity (Wildman–Crippen MR) is 180 cm³/mol.